The summed E-state index contributed by atoms with van der Waals surface area (Å²) in [6.45, 7) is 3.81. The second-order valence-electron chi connectivity index (χ2n) is 7.02. The lowest BCUT2D eigenvalue weighted by molar-refractivity contribution is -0.960. The zero-order chi connectivity index (χ0) is 17.8. The maximum atomic E-state index is 12.7. The molecular formula is C18H26N3O3S+. The van der Waals surface area contributed by atoms with Gasteiger partial charge in [-0.1, -0.05) is 12.5 Å². The molecule has 0 unspecified atom stereocenters. The first-order valence-electron chi connectivity index (χ1n) is 8.99. The Bertz CT molecular complexity index is 730. The van der Waals surface area contributed by atoms with Gasteiger partial charge in [0.25, 0.3) is 0 Å². The molecule has 2 N–H and O–H groups in total. The number of nitrogens with one attached hydrogen (secondary N) is 2. The molecule has 2 aliphatic rings. The Hall–Kier alpha value is -1.46. The number of hydrogen-bond acceptors (Lipinski definition) is 4. The molecule has 0 aromatic heterocycles. The Labute approximate surface area is 149 Å². The number of sulfonamides is 1. The number of ether oxygens (including phenoxy) is 1. The highest BCUT2D eigenvalue weighted by atomic mass is 32.2. The minimum atomic E-state index is -3.61. The van der Waals surface area contributed by atoms with Crippen molar-refractivity contribution < 1.29 is 18.1 Å². The third kappa shape index (κ3) is 4.21. The predicted molar refractivity (Wildman–Crippen MR) is 93.7 cm³/mol. The average molecular weight is 364 g/mol. The van der Waals surface area contributed by atoms with Crippen molar-refractivity contribution in [3.05, 3.63) is 29.8 Å². The van der Waals surface area contributed by atoms with E-state index in [0.29, 0.717) is 12.1 Å². The number of nitriles is 1. The Morgan fingerprint density at radius 1 is 1.20 bits per heavy atom. The molecule has 0 atom stereocenters. The van der Waals surface area contributed by atoms with E-state index in [-0.39, 0.29) is 10.4 Å². The van der Waals surface area contributed by atoms with E-state index in [4.69, 9.17) is 10.00 Å². The summed E-state index contributed by atoms with van der Waals surface area (Å²) in [5.41, 5.74) is 0.316. The van der Waals surface area contributed by atoms with E-state index < -0.39 is 10.0 Å². The van der Waals surface area contributed by atoms with Gasteiger partial charge in [-0.15, -0.1) is 0 Å². The van der Waals surface area contributed by atoms with E-state index >= 15 is 0 Å². The molecule has 0 bridgehead atoms. The summed E-state index contributed by atoms with van der Waals surface area (Å²) in [4.78, 5) is 1.63. The molecule has 1 saturated heterocycles. The highest BCUT2D eigenvalue weighted by molar-refractivity contribution is 7.89. The lowest BCUT2D eigenvalue weighted by atomic mass is 9.80. The molecule has 1 aliphatic heterocycles. The smallest absolute Gasteiger partial charge is 0.240 e. The van der Waals surface area contributed by atoms with Gasteiger partial charge >= 0.3 is 0 Å². The quantitative estimate of drug-likeness (QED) is 0.795. The van der Waals surface area contributed by atoms with E-state index in [0.717, 1.165) is 52.0 Å². The summed E-state index contributed by atoms with van der Waals surface area (Å²) < 4.78 is 33.7. The number of benzene rings is 1. The number of quaternary nitrogens is 1. The van der Waals surface area contributed by atoms with Gasteiger partial charge in [0, 0.05) is 12.8 Å². The highest BCUT2D eigenvalue weighted by Crippen LogP contribution is 2.26. The van der Waals surface area contributed by atoms with Crippen molar-refractivity contribution >= 4 is 10.0 Å². The molecule has 0 spiro atoms. The zero-order valence-electron chi connectivity index (χ0n) is 14.5. The van der Waals surface area contributed by atoms with Crippen LogP contribution in [-0.2, 0) is 14.8 Å². The Balaban J connectivity index is 1.76. The van der Waals surface area contributed by atoms with Crippen LogP contribution in [0.4, 0.5) is 0 Å². The van der Waals surface area contributed by atoms with Gasteiger partial charge in [-0.3, -0.25) is 0 Å². The molecule has 1 heterocycles. The summed E-state index contributed by atoms with van der Waals surface area (Å²) in [5.74, 6) is 0. The molecule has 6 nitrogen and oxygen atoms in total. The highest BCUT2D eigenvalue weighted by Gasteiger charge is 2.43. The standard InChI is InChI=1S/C18H25N3O3S/c19-14-16-5-4-6-17(13-16)25(22,23)20-15-18(7-2-1-3-8-18)21-9-11-24-12-10-21/h4-6,13,20H,1-3,7-12,15H2/p+1. The van der Waals surface area contributed by atoms with Crippen LogP contribution in [-0.4, -0.2) is 46.8 Å². The van der Waals surface area contributed by atoms with Gasteiger partial charge in [0.05, 0.1) is 36.3 Å². The summed E-state index contributed by atoms with van der Waals surface area (Å²) in [6.07, 6.45) is 5.61. The fourth-order valence-corrected chi connectivity index (χ4v) is 5.25. The first-order chi connectivity index (χ1) is 12.1. The summed E-state index contributed by atoms with van der Waals surface area (Å²) >= 11 is 0. The minimum Gasteiger partial charge on any atom is -0.370 e. The Kier molecular flexibility index (Phi) is 5.74. The van der Waals surface area contributed by atoms with Crippen molar-refractivity contribution in [1.82, 2.24) is 4.72 Å². The van der Waals surface area contributed by atoms with Crippen LogP contribution in [0.2, 0.25) is 0 Å². The normalized spacial score (nSPS) is 21.6. The van der Waals surface area contributed by atoms with E-state index in [2.05, 4.69) is 4.72 Å². The third-order valence-corrected chi connectivity index (χ3v) is 6.93. The van der Waals surface area contributed by atoms with Crippen molar-refractivity contribution in [2.24, 2.45) is 0 Å². The lowest BCUT2D eigenvalue weighted by Crippen LogP contribution is -3.23. The molecule has 1 saturated carbocycles. The fraction of sp³-hybridized carbons (Fsp3) is 0.611. The number of hydrogen-bond donors (Lipinski definition) is 2. The van der Waals surface area contributed by atoms with Gasteiger partial charge < -0.3 is 9.64 Å². The van der Waals surface area contributed by atoms with Crippen LogP contribution in [0.3, 0.4) is 0 Å². The lowest BCUT2D eigenvalue weighted by Gasteiger charge is -2.44. The molecule has 0 amide bonds. The van der Waals surface area contributed by atoms with Gasteiger partial charge in [-0.05, 0) is 31.0 Å². The number of morpholine rings is 1. The van der Waals surface area contributed by atoms with Gasteiger partial charge in [0.15, 0.2) is 0 Å². The molecule has 1 aliphatic carbocycles. The van der Waals surface area contributed by atoms with E-state index in [1.165, 1.54) is 23.5 Å². The summed E-state index contributed by atoms with van der Waals surface area (Å²) in [5, 5.41) is 8.99. The molecule has 25 heavy (non-hydrogen) atoms. The Morgan fingerprint density at radius 2 is 1.92 bits per heavy atom. The molecule has 7 heteroatoms. The first-order valence-corrected chi connectivity index (χ1v) is 10.5. The van der Waals surface area contributed by atoms with Crippen LogP contribution in [0.5, 0.6) is 0 Å². The molecule has 1 aromatic rings. The second-order valence-corrected chi connectivity index (χ2v) is 8.79. The van der Waals surface area contributed by atoms with Crippen molar-refractivity contribution in [3.63, 3.8) is 0 Å². The van der Waals surface area contributed by atoms with Crippen molar-refractivity contribution in [2.75, 3.05) is 32.8 Å². The molecule has 3 rings (SSSR count). The van der Waals surface area contributed by atoms with Crippen LogP contribution >= 0.6 is 0 Å². The Morgan fingerprint density at radius 3 is 2.60 bits per heavy atom. The SMILES string of the molecule is N#Cc1cccc(S(=O)(=O)NCC2([NH+]3CCOCC3)CCCCC2)c1. The van der Waals surface area contributed by atoms with Gasteiger partial charge in [-0.2, -0.15) is 5.26 Å². The molecular weight excluding hydrogens is 338 g/mol. The third-order valence-electron chi connectivity index (χ3n) is 5.53. The maximum absolute atomic E-state index is 12.7. The van der Waals surface area contributed by atoms with Crippen LogP contribution in [0.1, 0.15) is 37.7 Å². The number of rotatable bonds is 5. The van der Waals surface area contributed by atoms with Crippen molar-refractivity contribution in [3.8, 4) is 6.07 Å². The van der Waals surface area contributed by atoms with Crippen molar-refractivity contribution in [1.29, 1.82) is 5.26 Å². The maximum Gasteiger partial charge on any atom is 0.240 e. The van der Waals surface area contributed by atoms with Crippen LogP contribution in [0, 0.1) is 11.3 Å². The van der Waals surface area contributed by atoms with Crippen molar-refractivity contribution in [2.45, 2.75) is 42.5 Å². The first kappa shape index (κ1) is 18.3. The van der Waals surface area contributed by atoms with E-state index in [1.807, 2.05) is 6.07 Å². The molecule has 136 valence electrons. The predicted octanol–water partition coefficient (Wildman–Crippen LogP) is 0.455. The van der Waals surface area contributed by atoms with E-state index in [9.17, 15) is 8.42 Å². The van der Waals surface area contributed by atoms with Gasteiger partial charge in [0.1, 0.15) is 18.6 Å². The topological polar surface area (TPSA) is 83.6 Å². The fourth-order valence-electron chi connectivity index (χ4n) is 4.08. The molecule has 0 radical (unpaired) electrons. The minimum absolute atomic E-state index is 0.0397. The number of nitrogens with zero attached hydrogens (tertiary/aromatic N) is 1. The monoisotopic (exact) mass is 364 g/mol. The molecule has 1 aromatic carbocycles. The van der Waals surface area contributed by atoms with Crippen LogP contribution in [0.15, 0.2) is 29.2 Å². The zero-order valence-corrected chi connectivity index (χ0v) is 15.3. The van der Waals surface area contributed by atoms with Crippen LogP contribution in [0.25, 0.3) is 0 Å². The summed E-state index contributed by atoms with van der Waals surface area (Å²) in [6, 6.07) is 8.18. The second kappa shape index (κ2) is 7.83. The van der Waals surface area contributed by atoms with Gasteiger partial charge in [0.2, 0.25) is 10.0 Å². The van der Waals surface area contributed by atoms with E-state index in [1.54, 1.807) is 12.1 Å². The molecule has 2 fully saturated rings. The van der Waals surface area contributed by atoms with Gasteiger partial charge in [-0.25, -0.2) is 13.1 Å². The van der Waals surface area contributed by atoms with Crippen LogP contribution < -0.4 is 9.62 Å². The summed E-state index contributed by atoms with van der Waals surface area (Å²) in [7, 11) is -3.61. The largest absolute Gasteiger partial charge is 0.370 e. The average Bonchev–Trinajstić information content (AvgIpc) is 2.68.